The zero-order valence-corrected chi connectivity index (χ0v) is 11.5. The van der Waals surface area contributed by atoms with Crippen LogP contribution in [0.15, 0.2) is 42.5 Å². The van der Waals surface area contributed by atoms with E-state index in [1.54, 1.807) is 0 Å². The molecule has 1 aliphatic rings. The van der Waals surface area contributed by atoms with Gasteiger partial charge in [-0.3, -0.25) is 4.79 Å². The minimum atomic E-state index is 0.0841. The second-order valence-corrected chi connectivity index (χ2v) is 5.06. The third kappa shape index (κ3) is 2.52. The number of carbonyl (C=O) groups excluding carboxylic acids is 1. The van der Waals surface area contributed by atoms with Crippen LogP contribution in [0.25, 0.3) is 0 Å². The van der Waals surface area contributed by atoms with Gasteiger partial charge in [-0.25, -0.2) is 0 Å². The molecule has 1 aliphatic heterocycles. The van der Waals surface area contributed by atoms with E-state index in [4.69, 9.17) is 4.74 Å². The minimum absolute atomic E-state index is 0.0841. The Kier molecular flexibility index (Phi) is 3.42. The van der Waals surface area contributed by atoms with Gasteiger partial charge in [0.2, 0.25) is 5.91 Å². The second-order valence-electron chi connectivity index (χ2n) is 5.06. The van der Waals surface area contributed by atoms with Gasteiger partial charge in [-0.2, -0.15) is 0 Å². The molecule has 1 amide bonds. The first kappa shape index (κ1) is 12.7. The Labute approximate surface area is 118 Å². The number of nitrogens with one attached hydrogen (secondary N) is 1. The van der Waals surface area contributed by atoms with Crippen LogP contribution in [0.1, 0.15) is 23.1 Å². The lowest BCUT2D eigenvalue weighted by Crippen LogP contribution is -2.20. The van der Waals surface area contributed by atoms with Crippen molar-refractivity contribution in [3.8, 4) is 5.75 Å². The first-order valence-electron chi connectivity index (χ1n) is 6.83. The molecule has 0 radical (unpaired) electrons. The Balaban J connectivity index is 1.84. The van der Waals surface area contributed by atoms with Crippen molar-refractivity contribution >= 4 is 11.6 Å². The molecule has 102 valence electrons. The normalized spacial score (nSPS) is 13.6. The van der Waals surface area contributed by atoms with Gasteiger partial charge in [-0.1, -0.05) is 36.4 Å². The van der Waals surface area contributed by atoms with Crippen molar-refractivity contribution in [2.45, 2.75) is 26.4 Å². The largest absolute Gasteiger partial charge is 0.489 e. The van der Waals surface area contributed by atoms with Crippen LogP contribution in [-0.4, -0.2) is 5.91 Å². The van der Waals surface area contributed by atoms with Gasteiger partial charge in [-0.15, -0.1) is 0 Å². The van der Waals surface area contributed by atoms with E-state index in [9.17, 15) is 4.79 Å². The SMILES string of the molecule is Cc1ccc(OCc2ccccc2)c2c1NC(=O)CC2. The molecular weight excluding hydrogens is 250 g/mol. The fourth-order valence-electron chi connectivity index (χ4n) is 2.48. The summed E-state index contributed by atoms with van der Waals surface area (Å²) in [5.74, 6) is 0.954. The van der Waals surface area contributed by atoms with Gasteiger partial charge in [0.25, 0.3) is 0 Å². The van der Waals surface area contributed by atoms with Crippen LogP contribution >= 0.6 is 0 Å². The summed E-state index contributed by atoms with van der Waals surface area (Å²) in [6.07, 6.45) is 1.27. The smallest absolute Gasteiger partial charge is 0.224 e. The van der Waals surface area contributed by atoms with Gasteiger partial charge < -0.3 is 10.1 Å². The fourth-order valence-corrected chi connectivity index (χ4v) is 2.48. The molecule has 3 heteroatoms. The van der Waals surface area contributed by atoms with Crippen molar-refractivity contribution in [1.82, 2.24) is 0 Å². The van der Waals surface area contributed by atoms with Crippen molar-refractivity contribution in [2.24, 2.45) is 0 Å². The Hall–Kier alpha value is -2.29. The molecule has 20 heavy (non-hydrogen) atoms. The molecule has 0 saturated heterocycles. The zero-order chi connectivity index (χ0) is 13.9. The maximum atomic E-state index is 11.5. The number of rotatable bonds is 3. The number of fused-ring (bicyclic) bond motifs is 1. The molecule has 1 N–H and O–H groups in total. The van der Waals surface area contributed by atoms with E-state index in [0.29, 0.717) is 13.0 Å². The van der Waals surface area contributed by atoms with E-state index in [0.717, 1.165) is 34.5 Å². The molecule has 1 heterocycles. The van der Waals surface area contributed by atoms with Gasteiger partial charge >= 0.3 is 0 Å². The van der Waals surface area contributed by atoms with E-state index in [2.05, 4.69) is 5.32 Å². The fraction of sp³-hybridized carbons (Fsp3) is 0.235. The molecule has 2 aromatic rings. The highest BCUT2D eigenvalue weighted by Crippen LogP contribution is 2.34. The Morgan fingerprint density at radius 1 is 1.10 bits per heavy atom. The number of anilines is 1. The summed E-state index contributed by atoms with van der Waals surface area (Å²) in [6.45, 7) is 2.55. The summed E-state index contributed by atoms with van der Waals surface area (Å²) in [4.78, 5) is 11.5. The molecule has 0 bridgehead atoms. The lowest BCUT2D eigenvalue weighted by molar-refractivity contribution is -0.116. The van der Waals surface area contributed by atoms with Crippen LogP contribution in [0.3, 0.4) is 0 Å². The van der Waals surface area contributed by atoms with Crippen molar-refractivity contribution < 1.29 is 9.53 Å². The van der Waals surface area contributed by atoms with Crippen molar-refractivity contribution in [3.05, 3.63) is 59.2 Å². The van der Waals surface area contributed by atoms with Gasteiger partial charge in [0.05, 0.1) is 5.69 Å². The number of aryl methyl sites for hydroxylation is 1. The average molecular weight is 267 g/mol. The predicted molar refractivity (Wildman–Crippen MR) is 78.9 cm³/mol. The lowest BCUT2D eigenvalue weighted by atomic mass is 9.98. The van der Waals surface area contributed by atoms with Crippen LogP contribution in [0.4, 0.5) is 5.69 Å². The van der Waals surface area contributed by atoms with Crippen molar-refractivity contribution in [1.29, 1.82) is 0 Å². The Morgan fingerprint density at radius 3 is 2.70 bits per heavy atom. The lowest BCUT2D eigenvalue weighted by Gasteiger charge is -2.22. The van der Waals surface area contributed by atoms with Gasteiger partial charge in [0.1, 0.15) is 12.4 Å². The monoisotopic (exact) mass is 267 g/mol. The van der Waals surface area contributed by atoms with E-state index in [1.807, 2.05) is 49.4 Å². The van der Waals surface area contributed by atoms with Gasteiger partial charge in [-0.05, 0) is 30.5 Å². The predicted octanol–water partition coefficient (Wildman–Crippen LogP) is 3.46. The first-order valence-corrected chi connectivity index (χ1v) is 6.83. The summed E-state index contributed by atoms with van der Waals surface area (Å²) in [7, 11) is 0. The number of hydrogen-bond donors (Lipinski definition) is 1. The highest BCUT2D eigenvalue weighted by atomic mass is 16.5. The molecule has 2 aromatic carbocycles. The Bertz CT molecular complexity index is 635. The maximum absolute atomic E-state index is 11.5. The average Bonchev–Trinajstić information content (AvgIpc) is 2.48. The molecule has 0 spiro atoms. The molecule has 0 atom stereocenters. The van der Waals surface area contributed by atoms with E-state index < -0.39 is 0 Å². The molecule has 3 rings (SSSR count). The summed E-state index contributed by atoms with van der Waals surface area (Å²) in [5.41, 5.74) is 4.26. The third-order valence-electron chi connectivity index (χ3n) is 3.58. The van der Waals surface area contributed by atoms with Crippen molar-refractivity contribution in [3.63, 3.8) is 0 Å². The number of carbonyl (C=O) groups is 1. The second kappa shape index (κ2) is 5.37. The molecule has 0 unspecified atom stereocenters. The first-order chi connectivity index (χ1) is 9.74. The highest BCUT2D eigenvalue weighted by molar-refractivity contribution is 5.95. The van der Waals surface area contributed by atoms with Crippen LogP contribution in [-0.2, 0) is 17.8 Å². The maximum Gasteiger partial charge on any atom is 0.224 e. The molecule has 0 aliphatic carbocycles. The minimum Gasteiger partial charge on any atom is -0.489 e. The van der Waals surface area contributed by atoms with Crippen LogP contribution in [0.5, 0.6) is 5.75 Å². The summed E-state index contributed by atoms with van der Waals surface area (Å²) in [6, 6.07) is 14.1. The number of amides is 1. The van der Waals surface area contributed by atoms with Gasteiger partial charge in [0.15, 0.2) is 0 Å². The zero-order valence-electron chi connectivity index (χ0n) is 11.5. The van der Waals surface area contributed by atoms with Crippen molar-refractivity contribution in [2.75, 3.05) is 5.32 Å². The van der Waals surface area contributed by atoms with Crippen LogP contribution in [0, 0.1) is 6.92 Å². The van der Waals surface area contributed by atoms with E-state index in [1.165, 1.54) is 0 Å². The number of ether oxygens (including phenoxy) is 1. The topological polar surface area (TPSA) is 38.3 Å². The van der Waals surface area contributed by atoms with Gasteiger partial charge in [0, 0.05) is 12.0 Å². The summed E-state index contributed by atoms with van der Waals surface area (Å²) < 4.78 is 5.93. The Morgan fingerprint density at radius 2 is 1.90 bits per heavy atom. The van der Waals surface area contributed by atoms with E-state index >= 15 is 0 Å². The highest BCUT2D eigenvalue weighted by Gasteiger charge is 2.20. The molecular formula is C17H17NO2. The standard InChI is InChI=1S/C17H17NO2/c1-12-7-9-15(14-8-10-16(19)18-17(12)14)20-11-13-5-3-2-4-6-13/h2-7,9H,8,10-11H2,1H3,(H,18,19). The quantitative estimate of drug-likeness (QED) is 0.924. The number of benzene rings is 2. The number of hydrogen-bond acceptors (Lipinski definition) is 2. The van der Waals surface area contributed by atoms with Crippen LogP contribution < -0.4 is 10.1 Å². The summed E-state index contributed by atoms with van der Waals surface area (Å²) in [5, 5.41) is 2.95. The third-order valence-corrected chi connectivity index (χ3v) is 3.58. The molecule has 0 saturated carbocycles. The van der Waals surface area contributed by atoms with Crippen LogP contribution in [0.2, 0.25) is 0 Å². The molecule has 0 aromatic heterocycles. The van der Waals surface area contributed by atoms with E-state index in [-0.39, 0.29) is 5.91 Å². The molecule has 3 nitrogen and oxygen atoms in total. The summed E-state index contributed by atoms with van der Waals surface area (Å²) >= 11 is 0. The molecule has 0 fully saturated rings.